The number of hydrogen-bond donors (Lipinski definition) is 1. The number of aryl methyl sites for hydroxylation is 3. The van der Waals surface area contributed by atoms with E-state index in [0.717, 1.165) is 29.0 Å². The Labute approximate surface area is 129 Å². The highest BCUT2D eigenvalue weighted by Gasteiger charge is 2.21. The van der Waals surface area contributed by atoms with E-state index in [1.165, 1.54) is 24.0 Å². The van der Waals surface area contributed by atoms with Gasteiger partial charge in [-0.1, -0.05) is 24.3 Å². The maximum atomic E-state index is 4.47. The van der Waals surface area contributed by atoms with Crippen molar-refractivity contribution in [3.63, 3.8) is 0 Å². The van der Waals surface area contributed by atoms with Crippen molar-refractivity contribution in [3.05, 3.63) is 47.4 Å². The number of nitrogens with zero attached hydrogens (tertiary/aromatic N) is 4. The summed E-state index contributed by atoms with van der Waals surface area (Å²) in [4.78, 5) is 8.83. The van der Waals surface area contributed by atoms with Crippen molar-refractivity contribution >= 4 is 16.9 Å². The van der Waals surface area contributed by atoms with E-state index >= 15 is 0 Å². The first-order valence-corrected chi connectivity index (χ1v) is 7.72. The minimum Gasteiger partial charge on any atom is -0.361 e. The van der Waals surface area contributed by atoms with E-state index in [0.29, 0.717) is 6.04 Å². The minimum atomic E-state index is 0.304. The monoisotopic (exact) mass is 293 g/mol. The highest BCUT2D eigenvalue weighted by Crippen LogP contribution is 2.33. The van der Waals surface area contributed by atoms with Crippen molar-refractivity contribution in [1.29, 1.82) is 0 Å². The predicted molar refractivity (Wildman–Crippen MR) is 86.8 cm³/mol. The van der Waals surface area contributed by atoms with Gasteiger partial charge in [-0.05, 0) is 37.3 Å². The molecule has 0 bridgehead atoms. The lowest BCUT2D eigenvalue weighted by Gasteiger charge is -2.27. The van der Waals surface area contributed by atoms with E-state index in [-0.39, 0.29) is 0 Å². The average Bonchev–Trinajstić information content (AvgIpc) is 2.83. The third-order valence-corrected chi connectivity index (χ3v) is 4.47. The molecule has 22 heavy (non-hydrogen) atoms. The van der Waals surface area contributed by atoms with Crippen LogP contribution in [0.2, 0.25) is 0 Å². The van der Waals surface area contributed by atoms with Crippen molar-refractivity contribution in [1.82, 2.24) is 19.7 Å². The molecule has 1 aliphatic rings. The number of hydrogen-bond acceptors (Lipinski definition) is 4. The van der Waals surface area contributed by atoms with Gasteiger partial charge >= 0.3 is 0 Å². The Balaban J connectivity index is 1.76. The largest absolute Gasteiger partial charge is 0.361 e. The Kier molecular flexibility index (Phi) is 3.06. The van der Waals surface area contributed by atoms with Crippen molar-refractivity contribution in [2.24, 2.45) is 7.05 Å². The Morgan fingerprint density at radius 1 is 1.23 bits per heavy atom. The van der Waals surface area contributed by atoms with Crippen LogP contribution in [0.3, 0.4) is 0 Å². The number of rotatable bonds is 2. The molecule has 5 heteroatoms. The SMILES string of the molecule is Cc1nn(C)c2c(N[C@H]3CCCc4ccccc43)ncnc12. The van der Waals surface area contributed by atoms with Gasteiger partial charge in [0.15, 0.2) is 5.82 Å². The van der Waals surface area contributed by atoms with Gasteiger partial charge in [0.25, 0.3) is 0 Å². The maximum absolute atomic E-state index is 4.47. The molecule has 1 aliphatic carbocycles. The van der Waals surface area contributed by atoms with Crippen LogP contribution in [-0.2, 0) is 13.5 Å². The molecule has 3 aromatic rings. The molecule has 0 fully saturated rings. The Morgan fingerprint density at radius 2 is 2.09 bits per heavy atom. The van der Waals surface area contributed by atoms with Gasteiger partial charge in [0, 0.05) is 7.05 Å². The molecule has 1 N–H and O–H groups in total. The van der Waals surface area contributed by atoms with Crippen molar-refractivity contribution in [2.75, 3.05) is 5.32 Å². The molecule has 4 rings (SSSR count). The van der Waals surface area contributed by atoms with E-state index in [2.05, 4.69) is 44.6 Å². The quantitative estimate of drug-likeness (QED) is 0.788. The zero-order chi connectivity index (χ0) is 15.1. The summed E-state index contributed by atoms with van der Waals surface area (Å²) in [7, 11) is 1.94. The van der Waals surface area contributed by atoms with Gasteiger partial charge in [-0.25, -0.2) is 9.97 Å². The lowest BCUT2D eigenvalue weighted by Crippen LogP contribution is -2.18. The number of fused-ring (bicyclic) bond motifs is 2. The topological polar surface area (TPSA) is 55.6 Å². The molecule has 0 radical (unpaired) electrons. The number of nitrogens with one attached hydrogen (secondary N) is 1. The first-order valence-electron chi connectivity index (χ1n) is 7.72. The van der Waals surface area contributed by atoms with Crippen LogP contribution >= 0.6 is 0 Å². The Bertz CT molecular complexity index is 836. The van der Waals surface area contributed by atoms with Gasteiger partial charge < -0.3 is 5.32 Å². The van der Waals surface area contributed by atoms with Crippen LogP contribution in [-0.4, -0.2) is 19.7 Å². The molecule has 0 amide bonds. The zero-order valence-electron chi connectivity index (χ0n) is 12.9. The standard InChI is InChI=1S/C17H19N5/c1-11-15-16(22(2)21-11)17(19-10-18-15)20-14-9-5-7-12-6-3-4-8-13(12)14/h3-4,6,8,10,14H,5,7,9H2,1-2H3,(H,18,19,20)/t14-/m0/s1. The van der Waals surface area contributed by atoms with Gasteiger partial charge in [-0.3, -0.25) is 4.68 Å². The fourth-order valence-electron chi connectivity index (χ4n) is 3.45. The summed E-state index contributed by atoms with van der Waals surface area (Å²) >= 11 is 0. The molecule has 0 aliphatic heterocycles. The van der Waals surface area contributed by atoms with E-state index in [9.17, 15) is 0 Å². The minimum absolute atomic E-state index is 0.304. The molecular formula is C17H19N5. The molecule has 2 heterocycles. The molecule has 0 unspecified atom stereocenters. The maximum Gasteiger partial charge on any atom is 0.156 e. The zero-order valence-corrected chi connectivity index (χ0v) is 12.9. The molecule has 1 aromatic carbocycles. The fourth-order valence-corrected chi connectivity index (χ4v) is 3.45. The number of anilines is 1. The molecule has 112 valence electrons. The number of aromatic nitrogens is 4. The molecular weight excluding hydrogens is 274 g/mol. The first-order chi connectivity index (χ1) is 10.7. The van der Waals surface area contributed by atoms with E-state index in [4.69, 9.17) is 0 Å². The number of benzene rings is 1. The summed E-state index contributed by atoms with van der Waals surface area (Å²) in [6, 6.07) is 8.99. The van der Waals surface area contributed by atoms with Crippen LogP contribution in [0.25, 0.3) is 11.0 Å². The highest BCUT2D eigenvalue weighted by molar-refractivity contribution is 5.87. The lowest BCUT2D eigenvalue weighted by molar-refractivity contribution is 0.598. The third-order valence-electron chi connectivity index (χ3n) is 4.47. The second-order valence-electron chi connectivity index (χ2n) is 5.92. The van der Waals surface area contributed by atoms with Crippen molar-refractivity contribution in [3.8, 4) is 0 Å². The molecule has 1 atom stereocenters. The second kappa shape index (κ2) is 5.09. The summed E-state index contributed by atoms with van der Waals surface area (Å²) in [5, 5.41) is 8.08. The van der Waals surface area contributed by atoms with Crippen LogP contribution in [0.15, 0.2) is 30.6 Å². The summed E-state index contributed by atoms with van der Waals surface area (Å²) in [6.07, 6.45) is 5.11. The van der Waals surface area contributed by atoms with Gasteiger partial charge in [0.05, 0.1) is 11.7 Å². The van der Waals surface area contributed by atoms with Crippen LogP contribution in [0.1, 0.15) is 35.7 Å². The normalized spacial score (nSPS) is 17.5. The van der Waals surface area contributed by atoms with Gasteiger partial charge in [-0.15, -0.1) is 0 Å². The lowest BCUT2D eigenvalue weighted by atomic mass is 9.88. The third kappa shape index (κ3) is 2.04. The van der Waals surface area contributed by atoms with E-state index in [1.54, 1.807) is 6.33 Å². The van der Waals surface area contributed by atoms with Crippen molar-refractivity contribution in [2.45, 2.75) is 32.2 Å². The fraction of sp³-hybridized carbons (Fsp3) is 0.353. The molecule has 2 aromatic heterocycles. The van der Waals surface area contributed by atoms with E-state index in [1.807, 2.05) is 18.7 Å². The van der Waals surface area contributed by atoms with E-state index < -0.39 is 0 Å². The van der Waals surface area contributed by atoms with Crippen LogP contribution in [0.4, 0.5) is 5.82 Å². The summed E-state index contributed by atoms with van der Waals surface area (Å²) < 4.78 is 1.86. The summed E-state index contributed by atoms with van der Waals surface area (Å²) in [5.74, 6) is 0.870. The molecule has 0 spiro atoms. The van der Waals surface area contributed by atoms with Crippen LogP contribution < -0.4 is 5.32 Å². The highest BCUT2D eigenvalue weighted by atomic mass is 15.3. The van der Waals surface area contributed by atoms with Crippen molar-refractivity contribution < 1.29 is 0 Å². The van der Waals surface area contributed by atoms with Crippen LogP contribution in [0.5, 0.6) is 0 Å². The Morgan fingerprint density at radius 3 is 3.00 bits per heavy atom. The van der Waals surface area contributed by atoms with Gasteiger partial charge in [0.1, 0.15) is 17.4 Å². The second-order valence-corrected chi connectivity index (χ2v) is 5.92. The predicted octanol–water partition coefficient (Wildman–Crippen LogP) is 3.16. The smallest absolute Gasteiger partial charge is 0.156 e. The summed E-state index contributed by atoms with van der Waals surface area (Å²) in [5.41, 5.74) is 5.66. The Hall–Kier alpha value is -2.43. The average molecular weight is 293 g/mol. The molecule has 5 nitrogen and oxygen atoms in total. The molecule has 0 saturated heterocycles. The van der Waals surface area contributed by atoms with Gasteiger partial charge in [-0.2, -0.15) is 5.10 Å². The first kappa shape index (κ1) is 13.2. The molecule has 0 saturated carbocycles. The van der Waals surface area contributed by atoms with Crippen LogP contribution in [0, 0.1) is 6.92 Å². The summed E-state index contributed by atoms with van der Waals surface area (Å²) in [6.45, 7) is 1.98. The van der Waals surface area contributed by atoms with Gasteiger partial charge in [0.2, 0.25) is 0 Å².